The molecular formula is C20H23N5O2S. The summed E-state index contributed by atoms with van der Waals surface area (Å²) in [5.74, 6) is 3.44. The second-order valence-corrected chi connectivity index (χ2v) is 7.69. The van der Waals surface area contributed by atoms with Gasteiger partial charge in [-0.15, -0.1) is 10.2 Å². The van der Waals surface area contributed by atoms with Gasteiger partial charge in [0.1, 0.15) is 19.0 Å². The molecule has 0 spiro atoms. The molecule has 0 fully saturated rings. The smallest absolute Gasteiger partial charge is 0.191 e. The molecule has 0 bridgehead atoms. The van der Waals surface area contributed by atoms with Crippen LogP contribution in [0.1, 0.15) is 17.0 Å². The minimum atomic E-state index is 0.602. The summed E-state index contributed by atoms with van der Waals surface area (Å²) in [5, 5.41) is 9.64. The summed E-state index contributed by atoms with van der Waals surface area (Å²) in [6.45, 7) is 2.72. The fraction of sp³-hybridized carbons (Fsp3) is 0.350. The molecule has 3 heterocycles. The average molecular weight is 398 g/mol. The van der Waals surface area contributed by atoms with E-state index < -0.39 is 0 Å². The first-order valence-corrected chi connectivity index (χ1v) is 10.1. The Kier molecular flexibility index (Phi) is 5.78. The molecule has 0 amide bonds. The minimum Gasteiger partial charge on any atom is -0.486 e. The topological polar surface area (TPSA) is 65.3 Å². The number of benzene rings is 1. The van der Waals surface area contributed by atoms with Gasteiger partial charge in [0.05, 0.1) is 6.54 Å². The second kappa shape index (κ2) is 8.62. The molecule has 4 rings (SSSR count). The van der Waals surface area contributed by atoms with Crippen molar-refractivity contribution in [1.29, 1.82) is 0 Å². The lowest BCUT2D eigenvalue weighted by Crippen LogP contribution is -2.20. The van der Waals surface area contributed by atoms with E-state index in [0.29, 0.717) is 19.8 Å². The first kappa shape index (κ1) is 18.8. The van der Waals surface area contributed by atoms with E-state index in [1.165, 1.54) is 11.1 Å². The highest BCUT2D eigenvalue weighted by atomic mass is 32.2. The lowest BCUT2D eigenvalue weighted by molar-refractivity contribution is 0.171. The summed E-state index contributed by atoms with van der Waals surface area (Å²) in [6, 6.07) is 10.2. The molecule has 0 radical (unpaired) electrons. The number of fused-ring (bicyclic) bond motifs is 1. The number of aromatic nitrogens is 4. The van der Waals surface area contributed by atoms with Crippen molar-refractivity contribution >= 4 is 11.8 Å². The van der Waals surface area contributed by atoms with Crippen LogP contribution < -0.4 is 9.47 Å². The van der Waals surface area contributed by atoms with E-state index in [4.69, 9.17) is 9.47 Å². The monoisotopic (exact) mass is 397 g/mol. The van der Waals surface area contributed by atoms with Crippen molar-refractivity contribution in [3.05, 3.63) is 59.7 Å². The third kappa shape index (κ3) is 4.45. The number of pyridine rings is 1. The van der Waals surface area contributed by atoms with Crippen molar-refractivity contribution in [2.75, 3.05) is 20.3 Å². The van der Waals surface area contributed by atoms with Crippen LogP contribution in [-0.2, 0) is 25.9 Å². The van der Waals surface area contributed by atoms with Crippen molar-refractivity contribution in [2.45, 2.75) is 24.0 Å². The predicted molar refractivity (Wildman–Crippen MR) is 107 cm³/mol. The zero-order valence-corrected chi connectivity index (χ0v) is 16.9. The summed E-state index contributed by atoms with van der Waals surface area (Å²) >= 11 is 1.68. The van der Waals surface area contributed by atoms with Crippen molar-refractivity contribution in [3.63, 3.8) is 0 Å². The van der Waals surface area contributed by atoms with Gasteiger partial charge < -0.3 is 14.0 Å². The van der Waals surface area contributed by atoms with Gasteiger partial charge in [-0.1, -0.05) is 17.8 Å². The third-order valence-electron chi connectivity index (χ3n) is 4.51. The maximum Gasteiger partial charge on any atom is 0.191 e. The van der Waals surface area contributed by atoms with Crippen LogP contribution in [0.4, 0.5) is 0 Å². The minimum absolute atomic E-state index is 0.602. The van der Waals surface area contributed by atoms with Gasteiger partial charge in [0.15, 0.2) is 16.7 Å². The SMILES string of the molecule is CN(Cc1ccc2c(c1)OCCO2)Cc1nnc(SCc2ccncc2)n1C. The summed E-state index contributed by atoms with van der Waals surface area (Å²) < 4.78 is 13.3. The van der Waals surface area contributed by atoms with Gasteiger partial charge in [-0.3, -0.25) is 9.88 Å². The molecule has 1 aliphatic rings. The number of ether oxygens (including phenoxy) is 2. The molecule has 2 aromatic heterocycles. The van der Waals surface area contributed by atoms with Crippen molar-refractivity contribution < 1.29 is 9.47 Å². The molecule has 3 aromatic rings. The Bertz CT molecular complexity index is 932. The first-order valence-electron chi connectivity index (χ1n) is 9.16. The van der Waals surface area contributed by atoms with E-state index >= 15 is 0 Å². The molecule has 0 aliphatic carbocycles. The molecule has 28 heavy (non-hydrogen) atoms. The van der Waals surface area contributed by atoms with Gasteiger partial charge in [-0.2, -0.15) is 0 Å². The summed E-state index contributed by atoms with van der Waals surface area (Å²) in [5.41, 5.74) is 2.40. The van der Waals surface area contributed by atoms with Crippen LogP contribution >= 0.6 is 11.8 Å². The van der Waals surface area contributed by atoms with Crippen LogP contribution in [-0.4, -0.2) is 44.9 Å². The molecule has 0 unspecified atom stereocenters. The molecule has 0 saturated heterocycles. The van der Waals surface area contributed by atoms with Gasteiger partial charge in [-0.25, -0.2) is 0 Å². The largest absolute Gasteiger partial charge is 0.486 e. The average Bonchev–Trinajstić information content (AvgIpc) is 3.06. The number of nitrogens with zero attached hydrogens (tertiary/aromatic N) is 5. The van der Waals surface area contributed by atoms with Crippen molar-refractivity contribution in [2.24, 2.45) is 7.05 Å². The quantitative estimate of drug-likeness (QED) is 0.568. The Hall–Kier alpha value is -2.58. The van der Waals surface area contributed by atoms with Crippen LogP contribution in [0.15, 0.2) is 47.9 Å². The summed E-state index contributed by atoms with van der Waals surface area (Å²) in [7, 11) is 4.09. The highest BCUT2D eigenvalue weighted by Crippen LogP contribution is 2.31. The van der Waals surface area contributed by atoms with E-state index in [2.05, 4.69) is 43.8 Å². The standard InChI is InChI=1S/C20H23N5O2S/c1-24(12-16-3-4-17-18(11-16)27-10-9-26-17)13-19-22-23-20(25(19)2)28-14-15-5-7-21-8-6-15/h3-8,11H,9-10,12-14H2,1-2H3. The zero-order valence-electron chi connectivity index (χ0n) is 16.0. The third-order valence-corrected chi connectivity index (χ3v) is 5.60. The molecule has 0 atom stereocenters. The molecule has 1 aromatic carbocycles. The Morgan fingerprint density at radius 2 is 1.79 bits per heavy atom. The Morgan fingerprint density at radius 1 is 1.00 bits per heavy atom. The molecule has 146 valence electrons. The Balaban J connectivity index is 1.35. The molecule has 8 heteroatoms. The van der Waals surface area contributed by atoms with Crippen molar-refractivity contribution in [1.82, 2.24) is 24.6 Å². The van der Waals surface area contributed by atoms with Crippen molar-refractivity contribution in [3.8, 4) is 11.5 Å². The van der Waals surface area contributed by atoms with Gasteiger partial charge in [0, 0.05) is 31.7 Å². The van der Waals surface area contributed by atoms with Crippen LogP contribution in [0, 0.1) is 0 Å². The molecule has 0 saturated carbocycles. The van der Waals surface area contributed by atoms with E-state index in [1.54, 1.807) is 11.8 Å². The lowest BCUT2D eigenvalue weighted by atomic mass is 10.2. The van der Waals surface area contributed by atoms with Gasteiger partial charge in [0.25, 0.3) is 0 Å². The van der Waals surface area contributed by atoms with E-state index in [0.717, 1.165) is 34.8 Å². The van der Waals surface area contributed by atoms with Crippen LogP contribution in [0.5, 0.6) is 11.5 Å². The van der Waals surface area contributed by atoms with E-state index in [9.17, 15) is 0 Å². The number of rotatable bonds is 7. The maximum absolute atomic E-state index is 5.67. The van der Waals surface area contributed by atoms with Crippen LogP contribution in [0.25, 0.3) is 0 Å². The fourth-order valence-electron chi connectivity index (χ4n) is 3.03. The highest BCUT2D eigenvalue weighted by Gasteiger charge is 2.14. The molecule has 7 nitrogen and oxygen atoms in total. The van der Waals surface area contributed by atoms with E-state index in [1.807, 2.05) is 37.6 Å². The predicted octanol–water partition coefficient (Wildman–Crippen LogP) is 2.91. The van der Waals surface area contributed by atoms with Crippen LogP contribution in [0.2, 0.25) is 0 Å². The Morgan fingerprint density at radius 3 is 2.61 bits per heavy atom. The van der Waals surface area contributed by atoms with Gasteiger partial charge >= 0.3 is 0 Å². The van der Waals surface area contributed by atoms with Gasteiger partial charge in [-0.05, 0) is 42.4 Å². The second-order valence-electron chi connectivity index (χ2n) is 6.75. The summed E-state index contributed by atoms with van der Waals surface area (Å²) in [4.78, 5) is 6.27. The summed E-state index contributed by atoms with van der Waals surface area (Å²) in [6.07, 6.45) is 3.62. The highest BCUT2D eigenvalue weighted by molar-refractivity contribution is 7.98. The number of hydrogen-bond acceptors (Lipinski definition) is 7. The molecule has 0 N–H and O–H groups in total. The van der Waals surface area contributed by atoms with Gasteiger partial charge in [0.2, 0.25) is 0 Å². The van der Waals surface area contributed by atoms with E-state index in [-0.39, 0.29) is 0 Å². The molecule has 1 aliphatic heterocycles. The Labute approximate surface area is 168 Å². The maximum atomic E-state index is 5.67. The lowest BCUT2D eigenvalue weighted by Gasteiger charge is -2.21. The fourth-order valence-corrected chi connectivity index (χ4v) is 3.92. The van der Waals surface area contributed by atoms with Crippen LogP contribution in [0.3, 0.4) is 0 Å². The normalized spacial score (nSPS) is 13.1. The number of hydrogen-bond donors (Lipinski definition) is 0. The zero-order chi connectivity index (χ0) is 19.3. The first-order chi connectivity index (χ1) is 13.7. The number of thioether (sulfide) groups is 1. The molecular weight excluding hydrogens is 374 g/mol.